The highest BCUT2D eigenvalue weighted by molar-refractivity contribution is 7.99. The first-order chi connectivity index (χ1) is 8.48. The second-order valence-electron chi connectivity index (χ2n) is 4.85. The first kappa shape index (κ1) is 15.4. The second kappa shape index (κ2) is 7.04. The van der Waals surface area contributed by atoms with Crippen molar-refractivity contribution in [2.75, 3.05) is 26.9 Å². The van der Waals surface area contributed by atoms with Gasteiger partial charge < -0.3 is 10.2 Å². The van der Waals surface area contributed by atoms with Crippen LogP contribution in [-0.4, -0.2) is 42.5 Å². The summed E-state index contributed by atoms with van der Waals surface area (Å²) in [6, 6.07) is 2.15. The fraction of sp³-hybridized carbons (Fsp3) is 0.615. The highest BCUT2D eigenvalue weighted by Crippen LogP contribution is 2.19. The van der Waals surface area contributed by atoms with Crippen LogP contribution < -0.4 is 5.32 Å². The molecule has 0 aliphatic rings. The zero-order valence-corrected chi connectivity index (χ0v) is 13.5. The molecule has 1 aromatic rings. The van der Waals surface area contributed by atoms with Crippen molar-refractivity contribution in [3.05, 3.63) is 22.4 Å². The molecule has 1 aromatic heterocycles. The van der Waals surface area contributed by atoms with Gasteiger partial charge in [0.05, 0.1) is 0 Å². The molecule has 3 nitrogen and oxygen atoms in total. The topological polar surface area (TPSA) is 27.6 Å². The van der Waals surface area contributed by atoms with Crippen molar-refractivity contribution in [1.82, 2.24) is 10.2 Å². The predicted molar refractivity (Wildman–Crippen MR) is 84.7 cm³/mol. The Bertz CT molecular complexity index is 372. The van der Waals surface area contributed by atoms with Gasteiger partial charge in [-0.1, -0.05) is 0 Å². The number of hydrogen-bond acceptors (Lipinski definition) is 3. The summed E-state index contributed by atoms with van der Waals surface area (Å²) >= 11 is 3.59. The quantitative estimate of drug-likeness (QED) is 0.666. The molecule has 0 amide bonds. The maximum Gasteiger partial charge on any atom is 0.193 e. The Morgan fingerprint density at radius 1 is 1.56 bits per heavy atom. The molecule has 1 rings (SSSR count). The fourth-order valence-electron chi connectivity index (χ4n) is 1.48. The summed E-state index contributed by atoms with van der Waals surface area (Å²) in [6.07, 6.45) is 2.14. The summed E-state index contributed by atoms with van der Waals surface area (Å²) in [5.74, 6) is 0.948. The lowest BCUT2D eigenvalue weighted by molar-refractivity contribution is 0.472. The van der Waals surface area contributed by atoms with E-state index in [-0.39, 0.29) is 4.75 Å². The summed E-state index contributed by atoms with van der Waals surface area (Å²) < 4.78 is 0.221. The zero-order valence-electron chi connectivity index (χ0n) is 11.9. The Labute approximate surface area is 119 Å². The number of thioether (sulfide) groups is 1. The number of nitrogens with zero attached hydrogens (tertiary/aromatic N) is 2. The van der Waals surface area contributed by atoms with E-state index in [1.807, 2.05) is 18.8 Å². The molecule has 0 spiro atoms. The van der Waals surface area contributed by atoms with Gasteiger partial charge >= 0.3 is 0 Å². The maximum absolute atomic E-state index is 4.33. The molecule has 0 bridgehead atoms. The van der Waals surface area contributed by atoms with Crippen molar-refractivity contribution in [1.29, 1.82) is 0 Å². The van der Waals surface area contributed by atoms with Crippen molar-refractivity contribution in [3.63, 3.8) is 0 Å². The zero-order chi connectivity index (χ0) is 13.6. The SMILES string of the molecule is CN=C(NCC(C)(C)SC)N(C)Cc1ccsc1. The van der Waals surface area contributed by atoms with E-state index in [1.165, 1.54) is 5.56 Å². The molecule has 0 saturated heterocycles. The van der Waals surface area contributed by atoms with Crippen molar-refractivity contribution in [2.45, 2.75) is 25.1 Å². The molecule has 0 aromatic carbocycles. The van der Waals surface area contributed by atoms with Crippen LogP contribution in [0.2, 0.25) is 0 Å². The molecule has 18 heavy (non-hydrogen) atoms. The van der Waals surface area contributed by atoms with Crippen molar-refractivity contribution < 1.29 is 0 Å². The smallest absolute Gasteiger partial charge is 0.193 e. The van der Waals surface area contributed by atoms with E-state index in [9.17, 15) is 0 Å². The standard InChI is InChI=1S/C13H23N3S2/c1-13(2,17-5)10-15-12(14-3)16(4)8-11-6-7-18-9-11/h6-7,9H,8,10H2,1-5H3,(H,14,15). The van der Waals surface area contributed by atoms with E-state index in [1.54, 1.807) is 11.3 Å². The molecule has 1 N–H and O–H groups in total. The molecule has 0 aliphatic heterocycles. The molecule has 0 unspecified atom stereocenters. The van der Waals surface area contributed by atoms with Gasteiger partial charge in [-0.25, -0.2) is 0 Å². The van der Waals surface area contributed by atoms with Crippen LogP contribution in [0.25, 0.3) is 0 Å². The number of hydrogen-bond donors (Lipinski definition) is 1. The Morgan fingerprint density at radius 3 is 2.78 bits per heavy atom. The van der Waals surface area contributed by atoms with Crippen LogP contribution in [0.4, 0.5) is 0 Å². The molecule has 102 valence electrons. The van der Waals surface area contributed by atoms with Crippen LogP contribution in [0.3, 0.4) is 0 Å². The van der Waals surface area contributed by atoms with E-state index in [0.29, 0.717) is 0 Å². The van der Waals surface area contributed by atoms with E-state index < -0.39 is 0 Å². The van der Waals surface area contributed by atoms with Crippen molar-refractivity contribution in [2.24, 2.45) is 4.99 Å². The van der Waals surface area contributed by atoms with Gasteiger partial charge in [0.15, 0.2) is 5.96 Å². The van der Waals surface area contributed by atoms with Gasteiger partial charge in [-0.3, -0.25) is 4.99 Å². The molecule has 0 radical (unpaired) electrons. The normalized spacial score (nSPS) is 12.6. The van der Waals surface area contributed by atoms with E-state index >= 15 is 0 Å². The van der Waals surface area contributed by atoms with Crippen LogP contribution in [0.1, 0.15) is 19.4 Å². The molecule has 1 heterocycles. The number of guanidine groups is 1. The lowest BCUT2D eigenvalue weighted by Gasteiger charge is -2.27. The fourth-order valence-corrected chi connectivity index (χ4v) is 2.36. The van der Waals surface area contributed by atoms with Gasteiger partial charge in [-0.05, 0) is 42.5 Å². The van der Waals surface area contributed by atoms with Crippen LogP contribution in [0.15, 0.2) is 21.8 Å². The second-order valence-corrected chi connectivity index (χ2v) is 7.15. The summed E-state index contributed by atoms with van der Waals surface area (Å²) in [5.41, 5.74) is 1.33. The average molecular weight is 285 g/mol. The minimum atomic E-state index is 0.221. The lowest BCUT2D eigenvalue weighted by Crippen LogP contribution is -2.43. The van der Waals surface area contributed by atoms with Crippen LogP contribution in [-0.2, 0) is 6.54 Å². The average Bonchev–Trinajstić information content (AvgIpc) is 2.82. The highest BCUT2D eigenvalue weighted by Gasteiger charge is 2.17. The van der Waals surface area contributed by atoms with Crippen LogP contribution in [0, 0.1) is 0 Å². The summed E-state index contributed by atoms with van der Waals surface area (Å²) in [7, 11) is 3.90. The van der Waals surface area contributed by atoms with Gasteiger partial charge in [-0.2, -0.15) is 23.1 Å². The summed E-state index contributed by atoms with van der Waals surface area (Å²) in [4.78, 5) is 6.48. The third-order valence-electron chi connectivity index (χ3n) is 2.80. The number of aliphatic imine (C=N–C) groups is 1. The number of rotatable bonds is 5. The molecule has 0 atom stereocenters. The molecular weight excluding hydrogens is 262 g/mol. The summed E-state index contributed by atoms with van der Waals surface area (Å²) in [5, 5.41) is 7.71. The van der Waals surface area contributed by atoms with E-state index in [0.717, 1.165) is 19.0 Å². The first-order valence-electron chi connectivity index (χ1n) is 5.96. The first-order valence-corrected chi connectivity index (χ1v) is 8.13. The number of thiophene rings is 1. The van der Waals surface area contributed by atoms with E-state index in [4.69, 9.17) is 0 Å². The molecule has 0 fully saturated rings. The van der Waals surface area contributed by atoms with E-state index in [2.05, 4.69) is 59.2 Å². The van der Waals surface area contributed by atoms with Crippen molar-refractivity contribution in [3.8, 4) is 0 Å². The Kier molecular flexibility index (Phi) is 6.02. The van der Waals surface area contributed by atoms with Crippen LogP contribution >= 0.6 is 23.1 Å². The maximum atomic E-state index is 4.33. The summed E-state index contributed by atoms with van der Waals surface area (Å²) in [6.45, 7) is 6.27. The van der Waals surface area contributed by atoms with Gasteiger partial charge in [-0.15, -0.1) is 0 Å². The lowest BCUT2D eigenvalue weighted by atomic mass is 10.2. The van der Waals surface area contributed by atoms with Crippen LogP contribution in [0.5, 0.6) is 0 Å². The Balaban J connectivity index is 2.51. The molecule has 5 heteroatoms. The Hall–Kier alpha value is -0.680. The van der Waals surface area contributed by atoms with Gasteiger partial charge in [0.25, 0.3) is 0 Å². The highest BCUT2D eigenvalue weighted by atomic mass is 32.2. The van der Waals surface area contributed by atoms with Crippen molar-refractivity contribution >= 4 is 29.1 Å². The monoisotopic (exact) mass is 285 g/mol. The van der Waals surface area contributed by atoms with Gasteiger partial charge in [0.2, 0.25) is 0 Å². The number of nitrogens with one attached hydrogen (secondary N) is 1. The predicted octanol–water partition coefficient (Wildman–Crippen LogP) is 2.90. The third kappa shape index (κ3) is 4.90. The Morgan fingerprint density at radius 2 is 2.28 bits per heavy atom. The minimum Gasteiger partial charge on any atom is -0.355 e. The van der Waals surface area contributed by atoms with Gasteiger partial charge in [0.1, 0.15) is 0 Å². The molecule has 0 aliphatic carbocycles. The minimum absolute atomic E-state index is 0.221. The van der Waals surface area contributed by atoms with Gasteiger partial charge in [0, 0.05) is 31.9 Å². The molecular formula is C13H23N3S2. The molecule has 0 saturated carbocycles. The third-order valence-corrected chi connectivity index (χ3v) is 4.78. The largest absolute Gasteiger partial charge is 0.355 e.